The van der Waals surface area contributed by atoms with Gasteiger partial charge in [-0.05, 0) is 19.3 Å². The first-order chi connectivity index (χ1) is 8.61. The van der Waals surface area contributed by atoms with Crippen LogP contribution in [0.25, 0.3) is 0 Å². The first kappa shape index (κ1) is 14.8. The summed E-state index contributed by atoms with van der Waals surface area (Å²) in [6.07, 6.45) is 4.89. The Hall–Kier alpha value is -1.30. The van der Waals surface area contributed by atoms with Gasteiger partial charge in [-0.15, -0.1) is 0 Å². The average molecular weight is 257 g/mol. The lowest BCUT2D eigenvalue weighted by Crippen LogP contribution is -2.51. The zero-order valence-electron chi connectivity index (χ0n) is 10.9. The smallest absolute Gasteiger partial charge is 0.329 e. The van der Waals surface area contributed by atoms with E-state index in [1.807, 2.05) is 11.9 Å². The summed E-state index contributed by atoms with van der Waals surface area (Å²) >= 11 is 0. The molecule has 0 saturated carbocycles. The zero-order chi connectivity index (χ0) is 13.4. The summed E-state index contributed by atoms with van der Waals surface area (Å²) < 4.78 is 0. The van der Waals surface area contributed by atoms with Gasteiger partial charge in [0.2, 0.25) is 0 Å². The summed E-state index contributed by atoms with van der Waals surface area (Å²) in [5.41, 5.74) is 2.77. The molecule has 6 heteroatoms. The maximum atomic E-state index is 11.7. The number of hydrogen-bond donors (Lipinski definition) is 3. The molecular weight excluding hydrogens is 234 g/mol. The fourth-order valence-electron chi connectivity index (χ4n) is 2.15. The van der Waals surface area contributed by atoms with Crippen molar-refractivity contribution in [2.75, 3.05) is 13.1 Å². The molecule has 1 aliphatic heterocycles. The molecular formula is C12H23N3O3. The van der Waals surface area contributed by atoms with Crippen molar-refractivity contribution in [2.24, 2.45) is 0 Å². The zero-order valence-corrected chi connectivity index (χ0v) is 10.9. The molecule has 3 N–H and O–H groups in total. The lowest BCUT2D eigenvalue weighted by molar-refractivity contribution is -0.137. The van der Waals surface area contributed by atoms with Crippen molar-refractivity contribution in [3.63, 3.8) is 0 Å². The lowest BCUT2D eigenvalue weighted by atomic mass is 10.1. The molecule has 0 bridgehead atoms. The molecule has 1 aliphatic rings. The second kappa shape index (κ2) is 7.92. The van der Waals surface area contributed by atoms with Crippen LogP contribution in [0.2, 0.25) is 0 Å². The third-order valence-electron chi connectivity index (χ3n) is 3.01. The highest BCUT2D eigenvalue weighted by Crippen LogP contribution is 2.06. The van der Waals surface area contributed by atoms with Gasteiger partial charge in [-0.25, -0.2) is 9.80 Å². The summed E-state index contributed by atoms with van der Waals surface area (Å²) in [6, 6.07) is -0.589. The van der Waals surface area contributed by atoms with Gasteiger partial charge in [0.15, 0.2) is 0 Å². The van der Waals surface area contributed by atoms with Gasteiger partial charge >= 0.3 is 12.0 Å². The Labute approximate surface area is 108 Å². The highest BCUT2D eigenvalue weighted by Gasteiger charge is 2.17. The number of rotatable bonds is 6. The molecule has 0 aliphatic carbocycles. The van der Waals surface area contributed by atoms with Gasteiger partial charge < -0.3 is 10.4 Å². The molecule has 1 saturated heterocycles. The standard InChI is InChI=1S/C12H23N3O3/c1-2-6-10(9-11(16)17)13-12(18)14-15-7-4-3-5-8-15/h10H,2-9H2,1H3,(H,16,17)(H2,13,14,18). The van der Waals surface area contributed by atoms with E-state index in [0.717, 1.165) is 32.4 Å². The quantitative estimate of drug-likeness (QED) is 0.670. The summed E-state index contributed by atoms with van der Waals surface area (Å²) in [5.74, 6) is -0.883. The first-order valence-corrected chi connectivity index (χ1v) is 6.65. The molecule has 18 heavy (non-hydrogen) atoms. The maximum Gasteiger partial charge on any atom is 0.329 e. The predicted molar refractivity (Wildman–Crippen MR) is 68.0 cm³/mol. The topological polar surface area (TPSA) is 81.7 Å². The van der Waals surface area contributed by atoms with Crippen molar-refractivity contribution in [3.8, 4) is 0 Å². The minimum atomic E-state index is -0.883. The minimum Gasteiger partial charge on any atom is -0.481 e. The van der Waals surface area contributed by atoms with Crippen LogP contribution in [0, 0.1) is 0 Å². The van der Waals surface area contributed by atoms with Gasteiger partial charge in [-0.1, -0.05) is 19.8 Å². The molecule has 0 aromatic heterocycles. The van der Waals surface area contributed by atoms with Gasteiger partial charge in [0.1, 0.15) is 0 Å². The monoisotopic (exact) mass is 257 g/mol. The molecule has 1 heterocycles. The number of aliphatic carboxylic acids is 1. The molecule has 1 fully saturated rings. The largest absolute Gasteiger partial charge is 0.481 e. The normalized spacial score (nSPS) is 18.1. The second-order valence-corrected chi connectivity index (χ2v) is 4.72. The Kier molecular flexibility index (Phi) is 6.49. The number of hydrazine groups is 1. The fraction of sp³-hybridized carbons (Fsp3) is 0.833. The predicted octanol–water partition coefficient (Wildman–Crippen LogP) is 1.33. The molecule has 0 aromatic rings. The van der Waals surface area contributed by atoms with Crippen LogP contribution in [0.1, 0.15) is 45.4 Å². The van der Waals surface area contributed by atoms with E-state index < -0.39 is 5.97 Å². The highest BCUT2D eigenvalue weighted by molar-refractivity contribution is 5.75. The van der Waals surface area contributed by atoms with E-state index in [4.69, 9.17) is 5.11 Å². The summed E-state index contributed by atoms with van der Waals surface area (Å²) in [5, 5.41) is 13.4. The Bertz CT molecular complexity index is 278. The van der Waals surface area contributed by atoms with Crippen LogP contribution in [0.15, 0.2) is 0 Å². The first-order valence-electron chi connectivity index (χ1n) is 6.65. The van der Waals surface area contributed by atoms with Gasteiger partial charge in [-0.2, -0.15) is 0 Å². The highest BCUT2D eigenvalue weighted by atomic mass is 16.4. The van der Waals surface area contributed by atoms with E-state index in [-0.39, 0.29) is 18.5 Å². The number of carboxylic acids is 1. The van der Waals surface area contributed by atoms with Crippen molar-refractivity contribution in [3.05, 3.63) is 0 Å². The Balaban J connectivity index is 2.32. The van der Waals surface area contributed by atoms with E-state index in [9.17, 15) is 9.59 Å². The average Bonchev–Trinajstić information content (AvgIpc) is 2.29. The van der Waals surface area contributed by atoms with Crippen molar-refractivity contribution in [1.29, 1.82) is 0 Å². The van der Waals surface area contributed by atoms with Crippen LogP contribution in [-0.4, -0.2) is 41.2 Å². The Morgan fingerprint density at radius 1 is 1.28 bits per heavy atom. The molecule has 0 spiro atoms. The van der Waals surface area contributed by atoms with E-state index in [2.05, 4.69) is 10.7 Å². The molecule has 0 aromatic carbocycles. The van der Waals surface area contributed by atoms with Crippen molar-refractivity contribution in [1.82, 2.24) is 15.8 Å². The van der Waals surface area contributed by atoms with Crippen molar-refractivity contribution in [2.45, 2.75) is 51.5 Å². The number of carbonyl (C=O) groups excluding carboxylic acids is 1. The number of piperidine rings is 1. The van der Waals surface area contributed by atoms with E-state index in [0.29, 0.717) is 6.42 Å². The molecule has 1 atom stereocenters. The van der Waals surface area contributed by atoms with Crippen LogP contribution >= 0.6 is 0 Å². The number of carboxylic acid groups (broad SMARTS) is 1. The lowest BCUT2D eigenvalue weighted by Gasteiger charge is -2.28. The summed E-state index contributed by atoms with van der Waals surface area (Å²) in [7, 11) is 0. The molecule has 1 rings (SSSR count). The summed E-state index contributed by atoms with van der Waals surface area (Å²) in [4.78, 5) is 22.4. The SMILES string of the molecule is CCCC(CC(=O)O)NC(=O)NN1CCCCC1. The number of amides is 2. The maximum absolute atomic E-state index is 11.7. The van der Waals surface area contributed by atoms with Crippen LogP contribution in [0.3, 0.4) is 0 Å². The van der Waals surface area contributed by atoms with Crippen LogP contribution in [-0.2, 0) is 4.79 Å². The van der Waals surface area contributed by atoms with Crippen molar-refractivity contribution >= 4 is 12.0 Å². The molecule has 104 valence electrons. The van der Waals surface area contributed by atoms with E-state index >= 15 is 0 Å². The minimum absolute atomic E-state index is 0.0265. The Morgan fingerprint density at radius 3 is 2.50 bits per heavy atom. The van der Waals surface area contributed by atoms with Gasteiger partial charge in [0, 0.05) is 19.1 Å². The second-order valence-electron chi connectivity index (χ2n) is 4.72. The number of nitrogens with one attached hydrogen (secondary N) is 2. The van der Waals surface area contributed by atoms with E-state index in [1.54, 1.807) is 0 Å². The van der Waals surface area contributed by atoms with Crippen LogP contribution in [0.5, 0.6) is 0 Å². The number of hydrogen-bond acceptors (Lipinski definition) is 3. The molecule has 0 radical (unpaired) electrons. The van der Waals surface area contributed by atoms with Gasteiger partial charge in [0.25, 0.3) is 0 Å². The molecule has 6 nitrogen and oxygen atoms in total. The number of nitrogens with zero attached hydrogens (tertiary/aromatic N) is 1. The van der Waals surface area contributed by atoms with E-state index in [1.165, 1.54) is 6.42 Å². The number of carbonyl (C=O) groups is 2. The van der Waals surface area contributed by atoms with Gasteiger partial charge in [-0.3, -0.25) is 10.2 Å². The third kappa shape index (κ3) is 5.86. The molecule has 1 unspecified atom stereocenters. The van der Waals surface area contributed by atoms with Crippen molar-refractivity contribution < 1.29 is 14.7 Å². The van der Waals surface area contributed by atoms with Crippen LogP contribution in [0.4, 0.5) is 4.79 Å². The third-order valence-corrected chi connectivity index (χ3v) is 3.01. The van der Waals surface area contributed by atoms with Gasteiger partial charge in [0.05, 0.1) is 6.42 Å². The number of urea groups is 1. The fourth-order valence-corrected chi connectivity index (χ4v) is 2.15. The Morgan fingerprint density at radius 2 is 1.94 bits per heavy atom. The molecule has 2 amide bonds. The van der Waals surface area contributed by atoms with Crippen LogP contribution < -0.4 is 10.7 Å². The summed E-state index contributed by atoms with van der Waals surface area (Å²) in [6.45, 7) is 3.70.